The number of hydrogen-bond acceptors (Lipinski definition) is 7. The van der Waals surface area contributed by atoms with E-state index in [1.165, 1.54) is 27.6 Å². The Kier molecular flexibility index (Phi) is 8.99. The smallest absolute Gasteiger partial charge is 0.416 e. The van der Waals surface area contributed by atoms with Crippen molar-refractivity contribution in [2.45, 2.75) is 11.1 Å². The van der Waals surface area contributed by atoms with Crippen molar-refractivity contribution in [3.05, 3.63) is 52.3 Å². The van der Waals surface area contributed by atoms with Gasteiger partial charge >= 0.3 is 6.09 Å². The minimum absolute atomic E-state index is 0.0245. The Balaban J connectivity index is 1.33. The van der Waals surface area contributed by atoms with Gasteiger partial charge in [-0.2, -0.15) is 0 Å². The number of likely N-dealkylation sites (N-methyl/N-ethyl adjacent to an activating group) is 1. The highest BCUT2D eigenvalue weighted by atomic mass is 35.5. The highest BCUT2D eigenvalue weighted by Crippen LogP contribution is 2.31. The zero-order valence-corrected chi connectivity index (χ0v) is 23.3. The van der Waals surface area contributed by atoms with Gasteiger partial charge in [-0.15, -0.1) is 11.8 Å². The number of amides is 3. The topological polar surface area (TPSA) is 73.4 Å². The van der Waals surface area contributed by atoms with Crippen LogP contribution in [0.5, 0.6) is 0 Å². The normalized spacial score (nSPS) is 17.7. The quantitative estimate of drug-likeness (QED) is 0.427. The Bertz CT molecular complexity index is 1200. The number of carbonyl (C=O) groups excluding carboxylic acids is 3. The van der Waals surface area contributed by atoms with E-state index in [0.29, 0.717) is 47.6 Å². The molecule has 0 N–H and O–H groups in total. The average molecular weight is 588 g/mol. The van der Waals surface area contributed by atoms with E-state index < -0.39 is 18.1 Å². The summed E-state index contributed by atoms with van der Waals surface area (Å²) in [5.41, 5.74) is 0.749. The molecule has 0 radical (unpaired) electrons. The number of anilines is 2. The van der Waals surface area contributed by atoms with E-state index in [1.807, 2.05) is 4.90 Å². The molecule has 0 aliphatic carbocycles. The van der Waals surface area contributed by atoms with Crippen LogP contribution in [-0.2, 0) is 9.53 Å². The number of nitrogens with zero attached hydrogens (tertiary/aromatic N) is 4. The van der Waals surface area contributed by atoms with E-state index >= 15 is 4.39 Å². The summed E-state index contributed by atoms with van der Waals surface area (Å²) in [7, 11) is 1.56. The minimum atomic E-state index is -0.742. The molecule has 2 aliphatic rings. The van der Waals surface area contributed by atoms with Crippen molar-refractivity contribution in [1.82, 2.24) is 9.80 Å². The number of carbonyl (C=O) groups is 3. The maximum Gasteiger partial charge on any atom is 0.416 e. The molecule has 2 heterocycles. The van der Waals surface area contributed by atoms with Crippen molar-refractivity contribution in [3.8, 4) is 0 Å². The Morgan fingerprint density at radius 2 is 1.86 bits per heavy atom. The number of thioether (sulfide) groups is 2. The molecular formula is C24H25Cl2FN4O4S2. The number of ether oxygens (including phenoxy) is 1. The van der Waals surface area contributed by atoms with E-state index in [4.69, 9.17) is 27.9 Å². The molecule has 37 heavy (non-hydrogen) atoms. The number of benzene rings is 2. The molecule has 2 saturated heterocycles. The van der Waals surface area contributed by atoms with Crippen molar-refractivity contribution in [1.29, 1.82) is 0 Å². The second-order valence-corrected chi connectivity index (χ2v) is 11.0. The first-order valence-corrected chi connectivity index (χ1v) is 14.3. The minimum Gasteiger partial charge on any atom is -0.423 e. The Hall–Kier alpha value is -2.34. The summed E-state index contributed by atoms with van der Waals surface area (Å²) in [5, 5.41) is 0.871. The van der Waals surface area contributed by atoms with Gasteiger partial charge in [0.25, 0.3) is 5.24 Å². The summed E-state index contributed by atoms with van der Waals surface area (Å²) in [6.07, 6.45) is 0.267. The van der Waals surface area contributed by atoms with E-state index in [0.717, 1.165) is 16.7 Å². The molecule has 2 fully saturated rings. The maximum atomic E-state index is 15.1. The highest BCUT2D eigenvalue weighted by Gasteiger charge is 2.37. The Labute approximate surface area is 233 Å². The molecule has 1 atom stereocenters. The van der Waals surface area contributed by atoms with Crippen LogP contribution in [0.2, 0.25) is 10.0 Å². The average Bonchev–Trinajstić information content (AvgIpc) is 3.29. The van der Waals surface area contributed by atoms with Crippen molar-refractivity contribution in [3.63, 3.8) is 0 Å². The lowest BCUT2D eigenvalue weighted by Crippen LogP contribution is -2.49. The van der Waals surface area contributed by atoms with Gasteiger partial charge in [0.1, 0.15) is 5.82 Å². The van der Waals surface area contributed by atoms with Gasteiger partial charge in [0.2, 0.25) is 5.91 Å². The first-order valence-electron chi connectivity index (χ1n) is 11.4. The van der Waals surface area contributed by atoms with E-state index in [9.17, 15) is 14.4 Å². The van der Waals surface area contributed by atoms with Crippen LogP contribution in [0.1, 0.15) is 0 Å². The fraction of sp³-hybridized carbons (Fsp3) is 0.375. The van der Waals surface area contributed by atoms with Crippen LogP contribution in [0.4, 0.5) is 25.4 Å². The van der Waals surface area contributed by atoms with Gasteiger partial charge in [-0.25, -0.2) is 9.18 Å². The van der Waals surface area contributed by atoms with E-state index in [2.05, 4.69) is 0 Å². The third kappa shape index (κ3) is 6.39. The van der Waals surface area contributed by atoms with E-state index in [1.54, 1.807) is 48.5 Å². The summed E-state index contributed by atoms with van der Waals surface area (Å²) in [6, 6.07) is 9.69. The zero-order valence-electron chi connectivity index (χ0n) is 20.2. The Morgan fingerprint density at radius 1 is 1.14 bits per heavy atom. The maximum absolute atomic E-state index is 15.1. The lowest BCUT2D eigenvalue weighted by Gasteiger charge is -2.36. The van der Waals surface area contributed by atoms with Crippen molar-refractivity contribution in [2.75, 3.05) is 61.6 Å². The predicted molar refractivity (Wildman–Crippen MR) is 147 cm³/mol. The summed E-state index contributed by atoms with van der Waals surface area (Å²) in [4.78, 5) is 44.0. The van der Waals surface area contributed by atoms with Gasteiger partial charge in [-0.05, 0) is 42.7 Å². The van der Waals surface area contributed by atoms with Gasteiger partial charge in [0.05, 0.1) is 28.7 Å². The fourth-order valence-corrected chi connectivity index (χ4v) is 5.86. The standard InChI is InChI=1S/C24H25Cl2FN4O4S2/c1-28(24(34)36-2)22-13-31(23(33)35-22)16-4-6-19(18(27)12-16)29-7-9-30(10-8-29)21(32)14-37-20-11-15(25)3-5-17(20)26/h3-6,11-12,22H,7-10,13-14H2,1-2H3. The number of rotatable bonds is 6. The van der Waals surface area contributed by atoms with Crippen molar-refractivity contribution in [2.24, 2.45) is 0 Å². The molecule has 2 aromatic carbocycles. The third-order valence-corrected chi connectivity index (χ3v) is 8.50. The summed E-state index contributed by atoms with van der Waals surface area (Å²) >= 11 is 14.5. The SMILES string of the molecule is CSC(=O)N(C)C1CN(c2ccc(N3CCN(C(=O)CSc4cc(Cl)ccc4Cl)CC3)c(F)c2)C(=O)O1. The second kappa shape index (κ2) is 12.0. The van der Waals surface area contributed by atoms with Crippen LogP contribution >= 0.6 is 46.7 Å². The second-order valence-electron chi connectivity index (χ2n) is 8.40. The highest BCUT2D eigenvalue weighted by molar-refractivity contribution is 8.12. The molecule has 3 amide bonds. The van der Waals surface area contributed by atoms with Crippen LogP contribution in [0.3, 0.4) is 0 Å². The van der Waals surface area contributed by atoms with Crippen molar-refractivity contribution < 1.29 is 23.5 Å². The Morgan fingerprint density at radius 3 is 2.54 bits per heavy atom. The summed E-state index contributed by atoms with van der Waals surface area (Å²) < 4.78 is 20.4. The fourth-order valence-electron chi connectivity index (χ4n) is 4.06. The molecule has 0 bridgehead atoms. The molecule has 13 heteroatoms. The number of cyclic esters (lactones) is 1. The first kappa shape index (κ1) is 27.7. The van der Waals surface area contributed by atoms with Gasteiger partial charge in [-0.3, -0.25) is 19.4 Å². The lowest BCUT2D eigenvalue weighted by molar-refractivity contribution is -0.128. The molecule has 2 aromatic rings. The summed E-state index contributed by atoms with van der Waals surface area (Å²) in [6.45, 7) is 1.97. The molecule has 4 rings (SSSR count). The molecular weight excluding hydrogens is 562 g/mol. The van der Waals surface area contributed by atoms with Crippen molar-refractivity contribution >= 4 is 75.3 Å². The van der Waals surface area contributed by atoms with E-state index in [-0.39, 0.29) is 23.4 Å². The zero-order chi connectivity index (χ0) is 26.7. The van der Waals surface area contributed by atoms with Crippen LogP contribution < -0.4 is 9.80 Å². The molecule has 0 spiro atoms. The largest absolute Gasteiger partial charge is 0.423 e. The number of piperazine rings is 1. The molecule has 198 valence electrons. The van der Waals surface area contributed by atoms with Gasteiger partial charge in [0, 0.05) is 43.1 Å². The molecule has 2 aliphatic heterocycles. The molecule has 0 saturated carbocycles. The molecule has 0 aromatic heterocycles. The number of hydrogen-bond donors (Lipinski definition) is 0. The van der Waals surface area contributed by atoms with Gasteiger partial charge in [0.15, 0.2) is 6.23 Å². The third-order valence-electron chi connectivity index (χ3n) is 6.15. The molecule has 8 nitrogen and oxygen atoms in total. The first-order chi connectivity index (χ1) is 17.7. The molecule has 1 unspecified atom stereocenters. The predicted octanol–water partition coefficient (Wildman–Crippen LogP) is 5.27. The van der Waals surface area contributed by atoms with Gasteiger partial charge in [-0.1, -0.05) is 35.0 Å². The monoisotopic (exact) mass is 586 g/mol. The van der Waals surface area contributed by atoms with Crippen LogP contribution in [0.25, 0.3) is 0 Å². The van der Waals surface area contributed by atoms with Crippen LogP contribution in [0.15, 0.2) is 41.3 Å². The number of halogens is 3. The summed E-state index contributed by atoms with van der Waals surface area (Å²) in [5.74, 6) is -0.273. The van der Waals surface area contributed by atoms with Crippen LogP contribution in [0, 0.1) is 5.82 Å². The van der Waals surface area contributed by atoms with Crippen LogP contribution in [-0.4, -0.2) is 85.0 Å². The van der Waals surface area contributed by atoms with Gasteiger partial charge < -0.3 is 14.5 Å². The lowest BCUT2D eigenvalue weighted by atomic mass is 10.2.